The monoisotopic (exact) mass is 311 g/mol. The Hall–Kier alpha value is -1.17. The molecule has 1 aromatic rings. The molecule has 0 unspecified atom stereocenters. The van der Waals surface area contributed by atoms with Crippen molar-refractivity contribution in [2.75, 3.05) is 11.8 Å². The predicted octanol–water partition coefficient (Wildman–Crippen LogP) is -0.936. The highest BCUT2D eigenvalue weighted by Gasteiger charge is 2.26. The summed E-state index contributed by atoms with van der Waals surface area (Å²) in [5, 5.41) is 8.74. The van der Waals surface area contributed by atoms with E-state index in [1.807, 2.05) is 0 Å². The Morgan fingerprint density at radius 1 is 1.37 bits per heavy atom. The molecule has 0 fully saturated rings. The second-order valence-electron chi connectivity index (χ2n) is 4.28. The summed E-state index contributed by atoms with van der Waals surface area (Å²) in [5.74, 6) is -0.322. The lowest BCUT2D eigenvalue weighted by Gasteiger charge is -2.21. The maximum atomic E-state index is 12.0. The standard InChI is InChI=1S/C8H17N5O4S2/c1-6(2)13(4)19(16,17)11-8-7(18(9,14)15)5-12(3)10-8/h5-6H,1-4H3,(H,10,11)(H2,9,14,15). The molecule has 0 spiro atoms. The highest BCUT2D eigenvalue weighted by Crippen LogP contribution is 2.19. The highest BCUT2D eigenvalue weighted by atomic mass is 32.2. The minimum absolute atomic E-state index is 0.292. The summed E-state index contributed by atoms with van der Waals surface area (Å²) in [4.78, 5) is -0.379. The van der Waals surface area contributed by atoms with Crippen LogP contribution in [0.15, 0.2) is 11.1 Å². The van der Waals surface area contributed by atoms with E-state index in [0.29, 0.717) is 0 Å². The van der Waals surface area contributed by atoms with Crippen LogP contribution in [0.2, 0.25) is 0 Å². The van der Waals surface area contributed by atoms with E-state index in [-0.39, 0.29) is 16.8 Å². The fraction of sp³-hybridized carbons (Fsp3) is 0.625. The van der Waals surface area contributed by atoms with E-state index in [0.717, 1.165) is 15.2 Å². The molecule has 110 valence electrons. The molecule has 1 heterocycles. The predicted molar refractivity (Wildman–Crippen MR) is 70.0 cm³/mol. The van der Waals surface area contributed by atoms with Crippen LogP contribution in [0.1, 0.15) is 13.8 Å². The Labute approximate surface area is 112 Å². The molecule has 0 amide bonds. The van der Waals surface area contributed by atoms with Gasteiger partial charge >= 0.3 is 10.2 Å². The quantitative estimate of drug-likeness (QED) is 0.725. The van der Waals surface area contributed by atoms with Crippen molar-refractivity contribution in [3.8, 4) is 0 Å². The van der Waals surface area contributed by atoms with Crippen molar-refractivity contribution in [2.45, 2.75) is 24.8 Å². The number of nitrogens with one attached hydrogen (secondary N) is 1. The molecule has 1 rings (SSSR count). The van der Waals surface area contributed by atoms with Gasteiger partial charge < -0.3 is 0 Å². The zero-order valence-corrected chi connectivity index (χ0v) is 12.7. The largest absolute Gasteiger partial charge is 0.302 e. The Bertz CT molecular complexity index is 661. The maximum Gasteiger partial charge on any atom is 0.302 e. The Kier molecular flexibility index (Phi) is 4.24. The third-order valence-electron chi connectivity index (χ3n) is 2.43. The van der Waals surface area contributed by atoms with Gasteiger partial charge in [0.1, 0.15) is 4.90 Å². The first-order valence-corrected chi connectivity index (χ1v) is 8.26. The van der Waals surface area contributed by atoms with Gasteiger partial charge in [-0.05, 0) is 13.8 Å². The van der Waals surface area contributed by atoms with E-state index in [1.165, 1.54) is 14.1 Å². The van der Waals surface area contributed by atoms with E-state index in [4.69, 9.17) is 5.14 Å². The first-order chi connectivity index (χ1) is 8.45. The molecule has 0 aliphatic rings. The number of anilines is 1. The molecule has 0 atom stereocenters. The molecule has 9 nitrogen and oxygen atoms in total. The van der Waals surface area contributed by atoms with Crippen LogP contribution in [0.25, 0.3) is 0 Å². The van der Waals surface area contributed by atoms with Crippen molar-refractivity contribution in [3.05, 3.63) is 6.20 Å². The lowest BCUT2D eigenvalue weighted by atomic mass is 10.4. The molecule has 0 aliphatic heterocycles. The van der Waals surface area contributed by atoms with Crippen molar-refractivity contribution in [3.63, 3.8) is 0 Å². The highest BCUT2D eigenvalue weighted by molar-refractivity contribution is 7.91. The molecule has 1 aromatic heterocycles. The summed E-state index contributed by atoms with van der Waals surface area (Å²) >= 11 is 0. The summed E-state index contributed by atoms with van der Waals surface area (Å²) in [7, 11) is -5.13. The molecule has 0 saturated carbocycles. The molecule has 0 radical (unpaired) electrons. The lowest BCUT2D eigenvalue weighted by molar-refractivity contribution is 0.414. The number of sulfonamides is 1. The van der Waals surface area contributed by atoms with Crippen LogP contribution in [0.4, 0.5) is 5.82 Å². The third-order valence-corrected chi connectivity index (χ3v) is 4.98. The van der Waals surface area contributed by atoms with Crippen molar-refractivity contribution < 1.29 is 16.8 Å². The van der Waals surface area contributed by atoms with Crippen LogP contribution in [-0.4, -0.2) is 44.0 Å². The van der Waals surface area contributed by atoms with Gasteiger partial charge in [0.25, 0.3) is 0 Å². The summed E-state index contributed by atoms with van der Waals surface area (Å²) in [5.41, 5.74) is 0. The van der Waals surface area contributed by atoms with Gasteiger partial charge in [-0.1, -0.05) is 0 Å². The van der Waals surface area contributed by atoms with Gasteiger partial charge in [-0.15, -0.1) is 0 Å². The first-order valence-electron chi connectivity index (χ1n) is 5.27. The summed E-state index contributed by atoms with van der Waals surface area (Å²) in [6, 6.07) is -0.292. The van der Waals surface area contributed by atoms with Crippen molar-refractivity contribution in [2.24, 2.45) is 12.2 Å². The van der Waals surface area contributed by atoms with E-state index >= 15 is 0 Å². The zero-order valence-electron chi connectivity index (χ0n) is 11.0. The van der Waals surface area contributed by atoms with Crippen molar-refractivity contribution in [1.29, 1.82) is 0 Å². The summed E-state index contributed by atoms with van der Waals surface area (Å²) in [6.07, 6.45) is 1.13. The molecule has 19 heavy (non-hydrogen) atoms. The smallest absolute Gasteiger partial charge is 0.272 e. The Balaban J connectivity index is 3.21. The molecule has 0 bridgehead atoms. The van der Waals surface area contributed by atoms with Crippen LogP contribution >= 0.6 is 0 Å². The van der Waals surface area contributed by atoms with E-state index < -0.39 is 20.2 Å². The average Bonchev–Trinajstić information content (AvgIpc) is 2.56. The number of hydrogen-bond acceptors (Lipinski definition) is 5. The molecule has 11 heteroatoms. The second-order valence-corrected chi connectivity index (χ2v) is 7.54. The van der Waals surface area contributed by atoms with Gasteiger partial charge in [0, 0.05) is 26.3 Å². The van der Waals surface area contributed by atoms with E-state index in [9.17, 15) is 16.8 Å². The van der Waals surface area contributed by atoms with Crippen LogP contribution in [0.3, 0.4) is 0 Å². The fourth-order valence-corrected chi connectivity index (χ4v) is 3.04. The number of nitrogens with two attached hydrogens (primary N) is 1. The van der Waals surface area contributed by atoms with Crippen LogP contribution < -0.4 is 9.86 Å². The Morgan fingerprint density at radius 2 is 1.89 bits per heavy atom. The van der Waals surface area contributed by atoms with E-state index in [1.54, 1.807) is 13.8 Å². The van der Waals surface area contributed by atoms with Gasteiger partial charge in [0.2, 0.25) is 10.0 Å². The molecule has 3 N–H and O–H groups in total. The SMILES string of the molecule is CC(C)N(C)S(=O)(=O)Nc1nn(C)cc1S(N)(=O)=O. The Morgan fingerprint density at radius 3 is 2.32 bits per heavy atom. The molecule has 0 saturated heterocycles. The molecular weight excluding hydrogens is 294 g/mol. The fourth-order valence-electron chi connectivity index (χ4n) is 1.22. The topological polar surface area (TPSA) is 127 Å². The number of aromatic nitrogens is 2. The third kappa shape index (κ3) is 3.65. The summed E-state index contributed by atoms with van der Waals surface area (Å²) in [6.45, 7) is 3.36. The van der Waals surface area contributed by atoms with Gasteiger partial charge in [0.15, 0.2) is 5.82 Å². The average molecular weight is 311 g/mol. The zero-order chi connectivity index (χ0) is 15.0. The molecule has 0 aromatic carbocycles. The minimum Gasteiger partial charge on any atom is -0.272 e. The van der Waals surface area contributed by atoms with Gasteiger partial charge in [-0.2, -0.15) is 17.8 Å². The number of primary sulfonamides is 1. The van der Waals surface area contributed by atoms with Crippen molar-refractivity contribution >= 4 is 26.1 Å². The summed E-state index contributed by atoms with van der Waals surface area (Å²) < 4.78 is 50.9. The molecule has 0 aliphatic carbocycles. The number of hydrogen-bond donors (Lipinski definition) is 2. The number of aryl methyl sites for hydroxylation is 1. The van der Waals surface area contributed by atoms with Gasteiger partial charge in [-0.25, -0.2) is 13.6 Å². The normalized spacial score (nSPS) is 13.2. The number of nitrogens with zero attached hydrogens (tertiary/aromatic N) is 3. The first kappa shape index (κ1) is 15.9. The minimum atomic E-state index is -4.06. The maximum absolute atomic E-state index is 12.0. The van der Waals surface area contributed by atoms with Gasteiger partial charge in [-0.3, -0.25) is 9.40 Å². The number of rotatable bonds is 5. The van der Waals surface area contributed by atoms with Crippen LogP contribution in [-0.2, 0) is 27.3 Å². The molecular formula is C8H17N5O4S2. The lowest BCUT2D eigenvalue weighted by Crippen LogP contribution is -2.37. The van der Waals surface area contributed by atoms with Crippen molar-refractivity contribution in [1.82, 2.24) is 14.1 Å². The van der Waals surface area contributed by atoms with Crippen LogP contribution in [0.5, 0.6) is 0 Å². The van der Waals surface area contributed by atoms with Crippen LogP contribution in [0, 0.1) is 0 Å². The second kappa shape index (κ2) is 5.07. The van der Waals surface area contributed by atoms with Gasteiger partial charge in [0.05, 0.1) is 0 Å². The van der Waals surface area contributed by atoms with E-state index in [2.05, 4.69) is 9.82 Å².